The zero-order valence-corrected chi connectivity index (χ0v) is 18.9. The number of amides is 1. The minimum Gasteiger partial charge on any atom is -0.478 e. The molecule has 3 aromatic carbocycles. The van der Waals surface area contributed by atoms with E-state index in [9.17, 15) is 9.59 Å². The van der Waals surface area contributed by atoms with Gasteiger partial charge in [0.2, 0.25) is 0 Å². The summed E-state index contributed by atoms with van der Waals surface area (Å²) in [6.45, 7) is 1.87. The first-order valence-corrected chi connectivity index (χ1v) is 11.7. The minimum absolute atomic E-state index is 0.0362. The van der Waals surface area contributed by atoms with Crippen molar-refractivity contribution >= 4 is 28.7 Å². The predicted molar refractivity (Wildman–Crippen MR) is 131 cm³/mol. The van der Waals surface area contributed by atoms with E-state index in [0.717, 1.165) is 21.8 Å². The molecule has 33 heavy (non-hydrogen) atoms. The number of hydrogen-bond donors (Lipinski definition) is 0. The first-order chi connectivity index (χ1) is 16.1. The molecule has 1 aliphatic heterocycles. The standard InChI is InChI=1S/C27H22N2O3S/c1-2-24-27(31)29(16-23(30)18-9-5-3-6-10-18)22-15-20(13-14-25(22)32-24)21-17-33-26(28-21)19-11-7-4-8-12-19/h3-15,17,24H,2,16H2,1H3. The van der Waals surface area contributed by atoms with E-state index in [1.54, 1.807) is 28.4 Å². The van der Waals surface area contributed by atoms with Crippen LogP contribution in [0.4, 0.5) is 5.69 Å². The molecule has 1 atom stereocenters. The van der Waals surface area contributed by atoms with Gasteiger partial charge in [-0.3, -0.25) is 14.5 Å². The highest BCUT2D eigenvalue weighted by atomic mass is 32.1. The summed E-state index contributed by atoms with van der Waals surface area (Å²) in [6.07, 6.45) is -0.0707. The topological polar surface area (TPSA) is 59.5 Å². The number of anilines is 1. The van der Waals surface area contributed by atoms with Crippen LogP contribution in [0.3, 0.4) is 0 Å². The number of carbonyl (C=O) groups excluding carboxylic acids is 2. The van der Waals surface area contributed by atoms with Crippen molar-refractivity contribution in [1.29, 1.82) is 0 Å². The smallest absolute Gasteiger partial charge is 0.268 e. The highest BCUT2D eigenvalue weighted by molar-refractivity contribution is 7.13. The van der Waals surface area contributed by atoms with Crippen molar-refractivity contribution in [2.75, 3.05) is 11.4 Å². The average Bonchev–Trinajstić information content (AvgIpc) is 3.37. The number of fused-ring (bicyclic) bond motifs is 1. The molecule has 0 N–H and O–H groups in total. The summed E-state index contributed by atoms with van der Waals surface area (Å²) >= 11 is 1.57. The second kappa shape index (κ2) is 9.00. The largest absolute Gasteiger partial charge is 0.478 e. The Kier molecular flexibility index (Phi) is 5.75. The van der Waals surface area contributed by atoms with Crippen LogP contribution in [0.15, 0.2) is 84.2 Å². The van der Waals surface area contributed by atoms with Gasteiger partial charge in [0.25, 0.3) is 5.91 Å². The number of ketones is 1. The summed E-state index contributed by atoms with van der Waals surface area (Å²) in [5, 5.41) is 2.93. The summed E-state index contributed by atoms with van der Waals surface area (Å²) in [5.41, 5.74) is 3.93. The van der Waals surface area contributed by atoms with Crippen molar-refractivity contribution < 1.29 is 14.3 Å². The van der Waals surface area contributed by atoms with Crippen LogP contribution >= 0.6 is 11.3 Å². The van der Waals surface area contributed by atoms with Crippen molar-refractivity contribution in [3.8, 4) is 27.6 Å². The number of Topliss-reactive ketones (excluding diaryl/α,β-unsaturated/α-hetero) is 1. The quantitative estimate of drug-likeness (QED) is 0.342. The third-order valence-corrected chi connectivity index (χ3v) is 6.54. The molecule has 1 aliphatic rings. The molecule has 2 heterocycles. The van der Waals surface area contributed by atoms with Crippen molar-refractivity contribution in [2.24, 2.45) is 0 Å². The average molecular weight is 455 g/mol. The summed E-state index contributed by atoms with van der Waals surface area (Å²) in [7, 11) is 0. The lowest BCUT2D eigenvalue weighted by Gasteiger charge is -2.34. The van der Waals surface area contributed by atoms with Gasteiger partial charge in [0, 0.05) is 22.1 Å². The van der Waals surface area contributed by atoms with Crippen LogP contribution < -0.4 is 9.64 Å². The van der Waals surface area contributed by atoms with Gasteiger partial charge in [0.05, 0.1) is 17.9 Å². The maximum atomic E-state index is 13.2. The highest BCUT2D eigenvalue weighted by Crippen LogP contribution is 2.39. The van der Waals surface area contributed by atoms with E-state index in [1.165, 1.54) is 0 Å². The molecule has 0 bridgehead atoms. The number of thiazole rings is 1. The molecule has 0 fully saturated rings. The Bertz CT molecular complexity index is 1300. The zero-order valence-electron chi connectivity index (χ0n) is 18.1. The maximum absolute atomic E-state index is 13.2. The van der Waals surface area contributed by atoms with Crippen LogP contribution in [0.5, 0.6) is 5.75 Å². The fraction of sp³-hybridized carbons (Fsp3) is 0.148. The molecule has 5 rings (SSSR count). The third-order valence-electron chi connectivity index (χ3n) is 5.65. The minimum atomic E-state index is -0.601. The number of hydrogen-bond acceptors (Lipinski definition) is 5. The Morgan fingerprint density at radius 3 is 2.45 bits per heavy atom. The molecule has 1 aromatic heterocycles. The van der Waals surface area contributed by atoms with Gasteiger partial charge in [-0.15, -0.1) is 11.3 Å². The van der Waals surface area contributed by atoms with Gasteiger partial charge >= 0.3 is 0 Å². The van der Waals surface area contributed by atoms with E-state index in [4.69, 9.17) is 9.72 Å². The Morgan fingerprint density at radius 2 is 1.73 bits per heavy atom. The van der Waals surface area contributed by atoms with E-state index in [-0.39, 0.29) is 18.2 Å². The first-order valence-electron chi connectivity index (χ1n) is 10.9. The number of rotatable bonds is 6. The molecule has 0 spiro atoms. The molecule has 1 amide bonds. The van der Waals surface area contributed by atoms with Gasteiger partial charge in [0.15, 0.2) is 11.9 Å². The predicted octanol–water partition coefficient (Wildman–Crippen LogP) is 5.86. The number of carbonyl (C=O) groups is 2. The maximum Gasteiger partial charge on any atom is 0.268 e. The fourth-order valence-electron chi connectivity index (χ4n) is 3.88. The molecular formula is C27H22N2O3S. The van der Waals surface area contributed by atoms with Gasteiger partial charge in [-0.2, -0.15) is 0 Å². The Labute approximate surface area is 196 Å². The molecule has 0 aliphatic carbocycles. The van der Waals surface area contributed by atoms with Gasteiger partial charge in [0.1, 0.15) is 10.8 Å². The lowest BCUT2D eigenvalue weighted by molar-refractivity contribution is -0.126. The van der Waals surface area contributed by atoms with Gasteiger partial charge < -0.3 is 4.74 Å². The zero-order chi connectivity index (χ0) is 22.8. The molecule has 1 unspecified atom stereocenters. The van der Waals surface area contributed by atoms with Crippen LogP contribution in [0, 0.1) is 0 Å². The first kappa shape index (κ1) is 21.1. The molecule has 0 saturated carbocycles. The van der Waals surface area contributed by atoms with E-state index in [1.807, 2.05) is 79.0 Å². The number of nitrogens with zero attached hydrogens (tertiary/aromatic N) is 2. The SMILES string of the molecule is CCC1Oc2ccc(-c3csc(-c4ccccc4)n3)cc2N(CC(=O)c2ccccc2)C1=O. The van der Waals surface area contributed by atoms with Crippen molar-refractivity contribution in [3.05, 3.63) is 89.8 Å². The summed E-state index contributed by atoms with van der Waals surface area (Å²) in [5.74, 6) is 0.288. The Hall–Kier alpha value is -3.77. The summed E-state index contributed by atoms with van der Waals surface area (Å²) in [4.78, 5) is 32.4. The number of aromatic nitrogens is 1. The number of ether oxygens (including phenoxy) is 1. The van der Waals surface area contributed by atoms with Crippen LogP contribution in [0.2, 0.25) is 0 Å². The van der Waals surface area contributed by atoms with Crippen molar-refractivity contribution in [2.45, 2.75) is 19.4 Å². The van der Waals surface area contributed by atoms with Crippen LogP contribution in [-0.2, 0) is 4.79 Å². The van der Waals surface area contributed by atoms with Crippen LogP contribution in [-0.4, -0.2) is 29.3 Å². The molecule has 5 nitrogen and oxygen atoms in total. The molecule has 6 heteroatoms. The van der Waals surface area contributed by atoms with Crippen molar-refractivity contribution in [3.63, 3.8) is 0 Å². The fourth-order valence-corrected chi connectivity index (χ4v) is 4.72. The molecule has 4 aromatic rings. The lowest BCUT2D eigenvalue weighted by Crippen LogP contribution is -2.47. The summed E-state index contributed by atoms with van der Waals surface area (Å²) < 4.78 is 5.96. The van der Waals surface area contributed by atoms with Crippen LogP contribution in [0.25, 0.3) is 21.8 Å². The molecule has 164 valence electrons. The van der Waals surface area contributed by atoms with Crippen LogP contribution in [0.1, 0.15) is 23.7 Å². The van der Waals surface area contributed by atoms with Gasteiger partial charge in [-0.25, -0.2) is 4.98 Å². The second-order valence-corrected chi connectivity index (χ2v) is 8.67. The van der Waals surface area contributed by atoms with Gasteiger partial charge in [-0.1, -0.05) is 67.6 Å². The lowest BCUT2D eigenvalue weighted by atomic mass is 10.1. The highest BCUT2D eigenvalue weighted by Gasteiger charge is 2.35. The van der Waals surface area contributed by atoms with Crippen molar-refractivity contribution in [1.82, 2.24) is 4.98 Å². The molecule has 0 radical (unpaired) electrons. The second-order valence-electron chi connectivity index (χ2n) is 7.81. The Morgan fingerprint density at radius 1 is 1.00 bits per heavy atom. The normalized spacial score (nSPS) is 15.1. The molecule has 0 saturated heterocycles. The van der Waals surface area contributed by atoms with Gasteiger partial charge in [-0.05, 0) is 24.6 Å². The van der Waals surface area contributed by atoms with E-state index < -0.39 is 6.10 Å². The molecular weight excluding hydrogens is 432 g/mol. The Balaban J connectivity index is 1.50. The van der Waals surface area contributed by atoms with E-state index in [0.29, 0.717) is 23.4 Å². The van der Waals surface area contributed by atoms with E-state index >= 15 is 0 Å². The number of benzene rings is 3. The summed E-state index contributed by atoms with van der Waals surface area (Å²) in [6, 6.07) is 24.8. The monoisotopic (exact) mass is 454 g/mol. The van der Waals surface area contributed by atoms with E-state index in [2.05, 4.69) is 0 Å². The third kappa shape index (κ3) is 4.17.